The highest BCUT2D eigenvalue weighted by atomic mass is 32.1. The minimum Gasteiger partial charge on any atom is -0.307 e. The summed E-state index contributed by atoms with van der Waals surface area (Å²) >= 11 is 4.03. The summed E-state index contributed by atoms with van der Waals surface area (Å²) in [5, 5.41) is 0.838. The molecule has 1 saturated heterocycles. The third-order valence-electron chi connectivity index (χ3n) is 5.52. The monoisotopic (exact) mass is 459 g/mol. The van der Waals surface area contributed by atoms with Crippen LogP contribution in [0, 0.1) is 5.92 Å². The van der Waals surface area contributed by atoms with Crippen LogP contribution >= 0.6 is 12.6 Å². The highest BCUT2D eigenvalue weighted by Crippen LogP contribution is 2.41. The Labute approximate surface area is 188 Å². The maximum Gasteiger partial charge on any atom is 0.417 e. The average molecular weight is 459 g/mol. The van der Waals surface area contributed by atoms with E-state index in [9.17, 15) is 22.8 Å². The van der Waals surface area contributed by atoms with Gasteiger partial charge in [-0.05, 0) is 35.7 Å². The molecule has 0 unspecified atom stereocenters. The molecule has 3 amide bonds. The molecule has 1 aliphatic rings. The summed E-state index contributed by atoms with van der Waals surface area (Å²) in [6.45, 7) is 3.71. The van der Waals surface area contributed by atoms with E-state index in [0.717, 1.165) is 27.4 Å². The summed E-state index contributed by atoms with van der Waals surface area (Å²) in [5.74, 6) is -0.822. The number of benzene rings is 2. The SMILES string of the molecule is CC(C)[C@@H]1C(=O)N(c2cccc(C(F)(F)F)c2S)C(=O)N1Cc1ccnc2ccccc12. The highest BCUT2D eigenvalue weighted by molar-refractivity contribution is 7.80. The number of hydrogen-bond acceptors (Lipinski definition) is 4. The van der Waals surface area contributed by atoms with E-state index in [2.05, 4.69) is 17.6 Å². The molecule has 0 aliphatic carbocycles. The number of aromatic nitrogens is 1. The van der Waals surface area contributed by atoms with Crippen molar-refractivity contribution in [3.8, 4) is 0 Å². The normalized spacial score (nSPS) is 17.2. The molecular formula is C23H20F3N3O2S. The molecule has 0 spiro atoms. The fourth-order valence-electron chi connectivity index (χ4n) is 4.06. The Bertz CT molecular complexity index is 1210. The number of carbonyl (C=O) groups excluding carboxylic acids is 2. The van der Waals surface area contributed by atoms with Crippen LogP contribution in [0.15, 0.2) is 59.6 Å². The molecule has 2 heterocycles. The second-order valence-electron chi connectivity index (χ2n) is 7.93. The van der Waals surface area contributed by atoms with Crippen LogP contribution in [0.3, 0.4) is 0 Å². The van der Waals surface area contributed by atoms with E-state index in [1.54, 1.807) is 26.1 Å². The maximum atomic E-state index is 13.4. The molecule has 4 rings (SSSR count). The molecule has 0 saturated carbocycles. The van der Waals surface area contributed by atoms with Crippen LogP contribution in [0.25, 0.3) is 10.9 Å². The van der Waals surface area contributed by atoms with Crippen LogP contribution in [0.2, 0.25) is 0 Å². The minimum absolute atomic E-state index is 0.119. The first kappa shape index (κ1) is 22.1. The number of hydrogen-bond donors (Lipinski definition) is 1. The first-order valence-electron chi connectivity index (χ1n) is 9.97. The van der Waals surface area contributed by atoms with Crippen LogP contribution in [-0.2, 0) is 17.5 Å². The van der Waals surface area contributed by atoms with E-state index in [1.807, 2.05) is 24.3 Å². The summed E-state index contributed by atoms with van der Waals surface area (Å²) in [5.41, 5.74) is 0.361. The van der Waals surface area contributed by atoms with Crippen LogP contribution in [0.4, 0.5) is 23.7 Å². The number of nitrogens with zero attached hydrogens (tertiary/aromatic N) is 3. The van der Waals surface area contributed by atoms with E-state index >= 15 is 0 Å². The predicted molar refractivity (Wildman–Crippen MR) is 117 cm³/mol. The highest BCUT2D eigenvalue weighted by Gasteiger charge is 2.48. The minimum atomic E-state index is -4.66. The number of fused-ring (bicyclic) bond motifs is 1. The Morgan fingerprint density at radius 3 is 2.47 bits per heavy atom. The first-order valence-corrected chi connectivity index (χ1v) is 10.4. The van der Waals surface area contributed by atoms with Crippen molar-refractivity contribution in [3.63, 3.8) is 0 Å². The van der Waals surface area contributed by atoms with Gasteiger partial charge in [-0.25, -0.2) is 9.69 Å². The predicted octanol–water partition coefficient (Wildman–Crippen LogP) is 5.54. The third-order valence-corrected chi connectivity index (χ3v) is 5.99. The fraction of sp³-hybridized carbons (Fsp3) is 0.261. The van der Waals surface area contributed by atoms with Crippen molar-refractivity contribution in [1.29, 1.82) is 0 Å². The number of urea groups is 1. The van der Waals surface area contributed by atoms with E-state index in [-0.39, 0.29) is 18.2 Å². The lowest BCUT2D eigenvalue weighted by Crippen LogP contribution is -2.38. The molecule has 1 fully saturated rings. The third kappa shape index (κ3) is 3.70. The number of alkyl halides is 3. The molecule has 166 valence electrons. The van der Waals surface area contributed by atoms with Crippen LogP contribution in [0.1, 0.15) is 25.0 Å². The Hall–Kier alpha value is -3.07. The Morgan fingerprint density at radius 1 is 1.06 bits per heavy atom. The molecular weight excluding hydrogens is 439 g/mol. The average Bonchev–Trinajstić information content (AvgIpc) is 2.97. The van der Waals surface area contributed by atoms with E-state index in [1.165, 1.54) is 17.0 Å². The van der Waals surface area contributed by atoms with Gasteiger partial charge in [0.2, 0.25) is 0 Å². The molecule has 2 aromatic carbocycles. The number of amides is 3. The largest absolute Gasteiger partial charge is 0.417 e. The standard InChI is InChI=1S/C23H20F3N3O2S/c1-13(2)19-21(30)29(18-9-5-7-16(20(18)32)23(24,25)26)22(31)28(19)12-14-10-11-27-17-8-4-3-6-15(14)17/h3-11,13,19,32H,12H2,1-2H3/t19-/m1/s1. The number of pyridine rings is 1. The van der Waals surface area contributed by atoms with Crippen LogP contribution in [0.5, 0.6) is 0 Å². The van der Waals surface area contributed by atoms with Gasteiger partial charge < -0.3 is 4.90 Å². The zero-order valence-corrected chi connectivity index (χ0v) is 18.2. The second-order valence-corrected chi connectivity index (χ2v) is 8.38. The first-order chi connectivity index (χ1) is 15.1. The van der Waals surface area contributed by atoms with Gasteiger partial charge in [0.1, 0.15) is 6.04 Å². The van der Waals surface area contributed by atoms with Crippen LogP contribution < -0.4 is 4.90 Å². The maximum absolute atomic E-state index is 13.4. The topological polar surface area (TPSA) is 53.5 Å². The summed E-state index contributed by atoms with van der Waals surface area (Å²) in [6.07, 6.45) is -3.03. The fourth-order valence-corrected chi connectivity index (χ4v) is 4.43. The molecule has 32 heavy (non-hydrogen) atoms. The number of para-hydroxylation sites is 1. The van der Waals surface area contributed by atoms with Crippen molar-refractivity contribution in [2.45, 2.75) is 37.5 Å². The summed E-state index contributed by atoms with van der Waals surface area (Å²) in [6, 6.07) is 11.0. The number of anilines is 1. The number of rotatable bonds is 4. The van der Waals surface area contributed by atoms with Gasteiger partial charge in [0.25, 0.3) is 5.91 Å². The molecule has 1 aromatic heterocycles. The summed E-state index contributed by atoms with van der Waals surface area (Å²) in [4.78, 5) is 32.7. The number of imide groups is 1. The number of thiol groups is 1. The lowest BCUT2D eigenvalue weighted by Gasteiger charge is -2.25. The molecule has 1 aliphatic heterocycles. The van der Waals surface area contributed by atoms with Gasteiger partial charge in [-0.1, -0.05) is 38.1 Å². The van der Waals surface area contributed by atoms with Crippen molar-refractivity contribution < 1.29 is 22.8 Å². The van der Waals surface area contributed by atoms with Gasteiger partial charge in [0.15, 0.2) is 0 Å². The number of halogens is 3. The Morgan fingerprint density at radius 2 is 1.78 bits per heavy atom. The molecule has 3 aromatic rings. The van der Waals surface area contributed by atoms with Gasteiger partial charge in [0, 0.05) is 23.0 Å². The summed E-state index contributed by atoms with van der Waals surface area (Å²) < 4.78 is 40.1. The summed E-state index contributed by atoms with van der Waals surface area (Å²) in [7, 11) is 0. The van der Waals surface area contributed by atoms with Crippen molar-refractivity contribution in [2.24, 2.45) is 5.92 Å². The van der Waals surface area contributed by atoms with Gasteiger partial charge >= 0.3 is 12.2 Å². The van der Waals surface area contributed by atoms with E-state index in [4.69, 9.17) is 0 Å². The molecule has 0 bridgehead atoms. The van der Waals surface area contributed by atoms with Gasteiger partial charge in [-0.15, -0.1) is 12.6 Å². The Kier molecular flexibility index (Phi) is 5.62. The van der Waals surface area contributed by atoms with E-state index in [0.29, 0.717) is 0 Å². The van der Waals surface area contributed by atoms with Crippen molar-refractivity contribution in [3.05, 3.63) is 65.9 Å². The van der Waals surface area contributed by atoms with Crippen LogP contribution in [-0.4, -0.2) is 27.9 Å². The lowest BCUT2D eigenvalue weighted by molar-refractivity contribution is -0.139. The van der Waals surface area contributed by atoms with Crippen molar-refractivity contribution in [1.82, 2.24) is 9.88 Å². The van der Waals surface area contributed by atoms with Crippen molar-refractivity contribution in [2.75, 3.05) is 4.90 Å². The Balaban J connectivity index is 1.77. The van der Waals surface area contributed by atoms with Crippen molar-refractivity contribution >= 4 is 41.2 Å². The molecule has 5 nitrogen and oxygen atoms in total. The molecule has 9 heteroatoms. The van der Waals surface area contributed by atoms with E-state index < -0.39 is 34.6 Å². The lowest BCUT2D eigenvalue weighted by atomic mass is 10.0. The second kappa shape index (κ2) is 8.12. The number of carbonyl (C=O) groups is 2. The molecule has 1 atom stereocenters. The van der Waals surface area contributed by atoms with Gasteiger partial charge in [0.05, 0.1) is 16.8 Å². The molecule has 0 radical (unpaired) electrons. The quantitative estimate of drug-likeness (QED) is 0.412. The zero-order valence-electron chi connectivity index (χ0n) is 17.3. The van der Waals surface area contributed by atoms with Gasteiger partial charge in [-0.3, -0.25) is 9.78 Å². The molecule has 0 N–H and O–H groups in total. The van der Waals surface area contributed by atoms with Gasteiger partial charge in [-0.2, -0.15) is 13.2 Å². The smallest absolute Gasteiger partial charge is 0.307 e. The zero-order chi connectivity index (χ0) is 23.2.